The molecular weight excluding hydrogens is 260 g/mol. The van der Waals surface area contributed by atoms with E-state index in [1.165, 1.54) is 6.07 Å². The Morgan fingerprint density at radius 1 is 1.24 bits per heavy atom. The van der Waals surface area contributed by atoms with Crippen molar-refractivity contribution in [1.82, 2.24) is 0 Å². The lowest BCUT2D eigenvalue weighted by molar-refractivity contribution is 0.482. The minimum absolute atomic E-state index is 0.0594. The first-order valence-electron chi connectivity index (χ1n) is 4.57. The maximum absolute atomic E-state index is 11.1. The second kappa shape index (κ2) is 4.10. The lowest BCUT2D eigenvalue weighted by Gasteiger charge is -2.11. The summed E-state index contributed by atoms with van der Waals surface area (Å²) in [4.78, 5) is 0.375. The van der Waals surface area contributed by atoms with Gasteiger partial charge in [-0.05, 0) is 18.2 Å². The first kappa shape index (κ1) is 12.0. The number of phenolic OH excluding ortho intramolecular Hbond substituents is 1. The van der Waals surface area contributed by atoms with E-state index in [-0.39, 0.29) is 16.3 Å². The molecule has 1 atom stereocenters. The van der Waals surface area contributed by atoms with Crippen LogP contribution >= 0.6 is 12.6 Å². The Balaban J connectivity index is 2.97. The Morgan fingerprint density at radius 2 is 1.88 bits per heavy atom. The van der Waals surface area contributed by atoms with E-state index in [2.05, 4.69) is 12.6 Å². The van der Waals surface area contributed by atoms with Crippen LogP contribution in [0.5, 0.6) is 5.75 Å². The van der Waals surface area contributed by atoms with Gasteiger partial charge in [-0.3, -0.25) is 0 Å². The fourth-order valence-corrected chi connectivity index (χ4v) is 2.36. The van der Waals surface area contributed by atoms with Gasteiger partial charge >= 0.3 is 0 Å². The Bertz CT molecular complexity index is 643. The highest BCUT2D eigenvalue weighted by atomic mass is 32.2. The molecule has 2 aromatic carbocycles. The molecule has 0 aliphatic rings. The number of nitrogens with two attached hydrogens (primary N) is 2. The third-order valence-corrected chi connectivity index (χ3v) is 3.70. The molecule has 5 nitrogen and oxygen atoms in total. The molecule has 2 aromatic rings. The van der Waals surface area contributed by atoms with E-state index in [9.17, 15) is 9.32 Å². The van der Waals surface area contributed by atoms with E-state index in [4.69, 9.17) is 16.0 Å². The summed E-state index contributed by atoms with van der Waals surface area (Å²) in [6, 6.07) is 4.57. The van der Waals surface area contributed by atoms with Gasteiger partial charge in [0.1, 0.15) is 5.75 Å². The Labute approximate surface area is 105 Å². The Morgan fingerprint density at radius 3 is 2.47 bits per heavy atom. The largest absolute Gasteiger partial charge is 0.505 e. The second-order valence-electron chi connectivity index (χ2n) is 3.48. The van der Waals surface area contributed by atoms with Crippen molar-refractivity contribution in [2.45, 2.75) is 9.79 Å². The summed E-state index contributed by atoms with van der Waals surface area (Å²) < 4.78 is 20.2. The monoisotopic (exact) mass is 270 g/mol. The molecule has 1 unspecified atom stereocenters. The summed E-state index contributed by atoms with van der Waals surface area (Å²) in [5, 5.41) is 10.8. The number of fused-ring (bicyclic) bond motifs is 1. The first-order valence-corrected chi connectivity index (χ1v) is 6.12. The number of hydrogen-bond donors (Lipinski definition) is 5. The molecule has 0 saturated heterocycles. The Hall–Kier alpha value is -1.44. The maximum atomic E-state index is 11.1. The topological polar surface area (TPSA) is 110 Å². The number of aromatic hydroxyl groups is 1. The van der Waals surface area contributed by atoms with Crippen molar-refractivity contribution in [3.8, 4) is 5.75 Å². The molecule has 0 saturated carbocycles. The number of hydrogen-bond acceptors (Lipinski definition) is 5. The van der Waals surface area contributed by atoms with Gasteiger partial charge in [0.25, 0.3) is 0 Å². The Kier molecular flexibility index (Phi) is 2.90. The summed E-state index contributed by atoms with van der Waals surface area (Å²) in [6.07, 6.45) is 0. The van der Waals surface area contributed by atoms with Crippen molar-refractivity contribution in [3.63, 3.8) is 0 Å². The third-order valence-electron chi connectivity index (χ3n) is 2.49. The van der Waals surface area contributed by atoms with Crippen LogP contribution in [0.4, 0.5) is 11.4 Å². The first-order chi connectivity index (χ1) is 7.93. The second-order valence-corrected chi connectivity index (χ2v) is 4.87. The van der Waals surface area contributed by atoms with Crippen molar-refractivity contribution in [2.75, 3.05) is 11.5 Å². The molecule has 0 bridgehead atoms. The number of nitrogen functional groups attached to an aromatic ring is 2. The van der Waals surface area contributed by atoms with E-state index in [1.807, 2.05) is 0 Å². The highest BCUT2D eigenvalue weighted by Crippen LogP contribution is 2.39. The van der Waals surface area contributed by atoms with Gasteiger partial charge in [-0.1, -0.05) is 0 Å². The van der Waals surface area contributed by atoms with E-state index in [0.29, 0.717) is 21.4 Å². The van der Waals surface area contributed by atoms with Crippen molar-refractivity contribution in [2.24, 2.45) is 0 Å². The average molecular weight is 270 g/mol. The van der Waals surface area contributed by atoms with Gasteiger partial charge in [-0.15, -0.1) is 12.6 Å². The smallest absolute Gasteiger partial charge is 0.188 e. The molecule has 0 aliphatic heterocycles. The minimum Gasteiger partial charge on any atom is -0.505 e. The lowest BCUT2D eigenvalue weighted by Crippen LogP contribution is -1.98. The van der Waals surface area contributed by atoms with Gasteiger partial charge in [0, 0.05) is 21.4 Å². The van der Waals surface area contributed by atoms with Crippen LogP contribution in [-0.2, 0) is 11.1 Å². The molecule has 0 fully saturated rings. The van der Waals surface area contributed by atoms with Crippen LogP contribution in [0.3, 0.4) is 0 Å². The minimum atomic E-state index is -2.28. The molecule has 2 rings (SSSR count). The van der Waals surface area contributed by atoms with E-state index >= 15 is 0 Å². The fourth-order valence-electron chi connectivity index (χ4n) is 1.59. The van der Waals surface area contributed by atoms with Gasteiger partial charge in [0.15, 0.2) is 11.1 Å². The third kappa shape index (κ3) is 1.82. The molecule has 0 aliphatic carbocycles. The fraction of sp³-hybridized carbons (Fsp3) is 0. The molecule has 0 radical (unpaired) electrons. The number of anilines is 2. The van der Waals surface area contributed by atoms with E-state index < -0.39 is 11.1 Å². The molecule has 0 amide bonds. The molecule has 7 heteroatoms. The van der Waals surface area contributed by atoms with Crippen LogP contribution in [0.15, 0.2) is 28.0 Å². The zero-order valence-corrected chi connectivity index (χ0v) is 10.3. The molecule has 0 spiro atoms. The quantitative estimate of drug-likeness (QED) is 0.234. The zero-order chi connectivity index (χ0) is 12.7. The van der Waals surface area contributed by atoms with Crippen LogP contribution in [0.2, 0.25) is 0 Å². The van der Waals surface area contributed by atoms with Crippen LogP contribution in [0.25, 0.3) is 10.8 Å². The predicted octanol–water partition coefficient (Wildman–Crippen LogP) is 1.58. The van der Waals surface area contributed by atoms with Gasteiger partial charge in [-0.2, -0.15) is 0 Å². The van der Waals surface area contributed by atoms with Crippen molar-refractivity contribution >= 4 is 45.9 Å². The SMILES string of the molecule is Nc1ccc2c(O)c(N)c(S(=O)O)cc2c1S. The number of phenols is 1. The molecule has 17 heavy (non-hydrogen) atoms. The summed E-state index contributed by atoms with van der Waals surface area (Å²) in [7, 11) is 0. The van der Waals surface area contributed by atoms with Crippen LogP contribution < -0.4 is 11.5 Å². The average Bonchev–Trinajstić information content (AvgIpc) is 2.28. The van der Waals surface area contributed by atoms with Crippen LogP contribution in [-0.4, -0.2) is 13.9 Å². The molecule has 90 valence electrons. The van der Waals surface area contributed by atoms with E-state index in [0.717, 1.165) is 0 Å². The van der Waals surface area contributed by atoms with Crippen molar-refractivity contribution in [3.05, 3.63) is 18.2 Å². The predicted molar refractivity (Wildman–Crippen MR) is 70.7 cm³/mol. The highest BCUT2D eigenvalue weighted by Gasteiger charge is 2.15. The van der Waals surface area contributed by atoms with Crippen molar-refractivity contribution < 1.29 is 13.9 Å². The molecular formula is C10H10N2O3S2. The van der Waals surface area contributed by atoms with Gasteiger partial charge < -0.3 is 21.1 Å². The molecule has 0 aromatic heterocycles. The summed E-state index contributed by atoms with van der Waals surface area (Å²) in [6.45, 7) is 0. The van der Waals surface area contributed by atoms with Gasteiger partial charge in [-0.25, -0.2) is 4.21 Å². The zero-order valence-electron chi connectivity index (χ0n) is 8.54. The summed E-state index contributed by atoms with van der Waals surface area (Å²) in [5.74, 6) is -0.241. The normalized spacial score (nSPS) is 12.8. The van der Waals surface area contributed by atoms with Crippen LogP contribution in [0, 0.1) is 0 Å². The number of benzene rings is 2. The van der Waals surface area contributed by atoms with Crippen molar-refractivity contribution in [1.29, 1.82) is 0 Å². The van der Waals surface area contributed by atoms with E-state index in [1.54, 1.807) is 12.1 Å². The number of thiol groups is 1. The number of rotatable bonds is 1. The molecule has 0 heterocycles. The highest BCUT2D eigenvalue weighted by molar-refractivity contribution is 7.80. The van der Waals surface area contributed by atoms with Gasteiger partial charge in [0.05, 0.1) is 10.6 Å². The summed E-state index contributed by atoms with van der Waals surface area (Å²) >= 11 is 1.92. The van der Waals surface area contributed by atoms with Crippen LogP contribution in [0.1, 0.15) is 0 Å². The molecule has 6 N–H and O–H groups in total. The lowest BCUT2D eigenvalue weighted by atomic mass is 10.1. The summed E-state index contributed by atoms with van der Waals surface area (Å²) in [5.41, 5.74) is 11.6. The standard InChI is InChI=1S/C10H10N2O3S2/c11-6-2-1-4-5(10(6)16)3-7(17(14)15)8(12)9(4)13/h1-3,13,16H,11-12H2,(H,14,15). The van der Waals surface area contributed by atoms with Gasteiger partial charge in [0.2, 0.25) is 0 Å². The maximum Gasteiger partial charge on any atom is 0.188 e.